The molecule has 4 atom stereocenters. The fraction of sp³-hybridized carbons (Fsp3) is 0.262. The Bertz CT molecular complexity index is 2090. The number of amides is 5. The van der Waals surface area contributed by atoms with Crippen LogP contribution in [-0.2, 0) is 54.2 Å². The molecule has 5 amide bonds. The van der Waals surface area contributed by atoms with Gasteiger partial charge < -0.3 is 31.7 Å². The van der Waals surface area contributed by atoms with E-state index in [2.05, 4.69) is 26.6 Å². The van der Waals surface area contributed by atoms with Crippen molar-refractivity contribution in [3.8, 4) is 6.07 Å². The summed E-state index contributed by atoms with van der Waals surface area (Å²) >= 11 is 0. The highest BCUT2D eigenvalue weighted by molar-refractivity contribution is 5.96. The molecule has 4 rings (SSSR count). The molecule has 6 N–H and O–H groups in total. The zero-order chi connectivity index (χ0) is 42.2. The van der Waals surface area contributed by atoms with Gasteiger partial charge in [0.25, 0.3) is 0 Å². The first-order chi connectivity index (χ1) is 27.6. The number of aliphatic carboxylic acids is 1. The topological polar surface area (TPSA) is 207 Å². The van der Waals surface area contributed by atoms with Gasteiger partial charge in [0.2, 0.25) is 29.5 Å². The van der Waals surface area contributed by atoms with Crippen LogP contribution in [0.15, 0.2) is 109 Å². The maximum atomic E-state index is 14.1. The number of carbonyl (C=O) groups excluding carboxylic acids is 5. The lowest BCUT2D eigenvalue weighted by Gasteiger charge is -2.26. The average Bonchev–Trinajstić information content (AvgIpc) is 3.20. The van der Waals surface area contributed by atoms with Crippen molar-refractivity contribution in [1.82, 2.24) is 21.3 Å². The number of alkyl halides is 3. The quantitative estimate of drug-likeness (QED) is 0.0864. The minimum atomic E-state index is -4.65. The molecular formula is C42H41F3N6O7. The van der Waals surface area contributed by atoms with E-state index in [9.17, 15) is 52.3 Å². The molecule has 0 saturated carbocycles. The Morgan fingerprint density at radius 2 is 1.03 bits per heavy atom. The number of halogens is 3. The number of benzene rings is 4. The molecule has 0 radical (unpaired) electrons. The fourth-order valence-corrected chi connectivity index (χ4v) is 5.65. The molecule has 0 aliphatic rings. The van der Waals surface area contributed by atoms with E-state index >= 15 is 0 Å². The standard InChI is InChI=1S/C42H41F3N6O7/c1-26(41(57)58)47-38(54)34(22-27-8-4-2-5-9-27)50-40(56)35(24-29-16-18-31(19-17-29)42(43,44)45)51-39(55)33(23-28-12-14-30(25-46)15-13-28)49-37(53)21-20-36(52)48-32-10-6-3-7-11-32/h2-19,26,33-35H,20-24H2,1H3,(H,47,54)(H,48,52)(H,49,53)(H,50,56)(H,51,55)(H,57,58)/t26-,33+,34+,35-/m0/s1. The van der Waals surface area contributed by atoms with Crippen LogP contribution in [0, 0.1) is 11.3 Å². The van der Waals surface area contributed by atoms with Crippen LogP contribution in [0.5, 0.6) is 0 Å². The van der Waals surface area contributed by atoms with Gasteiger partial charge in [-0.15, -0.1) is 0 Å². The number of nitrogens with zero attached hydrogens (tertiary/aromatic N) is 1. The van der Waals surface area contributed by atoms with Crippen LogP contribution in [0.3, 0.4) is 0 Å². The summed E-state index contributed by atoms with van der Waals surface area (Å²) in [4.78, 5) is 78.7. The third kappa shape index (κ3) is 13.9. The Hall–Kier alpha value is -7.02. The van der Waals surface area contributed by atoms with Gasteiger partial charge in [0, 0.05) is 37.8 Å². The van der Waals surface area contributed by atoms with Crippen molar-refractivity contribution in [2.24, 2.45) is 0 Å². The van der Waals surface area contributed by atoms with Crippen molar-refractivity contribution in [2.75, 3.05) is 5.32 Å². The van der Waals surface area contributed by atoms with Crippen LogP contribution in [0.1, 0.15) is 47.6 Å². The summed E-state index contributed by atoms with van der Waals surface area (Å²) in [5.41, 5.74) is 1.21. The summed E-state index contributed by atoms with van der Waals surface area (Å²) < 4.78 is 40.1. The van der Waals surface area contributed by atoms with E-state index in [1.165, 1.54) is 19.1 Å². The van der Waals surface area contributed by atoms with Crippen molar-refractivity contribution in [2.45, 2.75) is 69.4 Å². The largest absolute Gasteiger partial charge is 0.480 e. The highest BCUT2D eigenvalue weighted by atomic mass is 19.4. The number of hydrogen-bond acceptors (Lipinski definition) is 7. The van der Waals surface area contributed by atoms with Crippen LogP contribution in [0.2, 0.25) is 0 Å². The number of carbonyl (C=O) groups is 6. The molecule has 0 aromatic heterocycles. The minimum absolute atomic E-state index is 0.0963. The second-order valence-corrected chi connectivity index (χ2v) is 13.3. The zero-order valence-corrected chi connectivity index (χ0v) is 31.2. The van der Waals surface area contributed by atoms with Crippen molar-refractivity contribution in [3.63, 3.8) is 0 Å². The van der Waals surface area contributed by atoms with Gasteiger partial charge in [-0.25, -0.2) is 0 Å². The van der Waals surface area contributed by atoms with Gasteiger partial charge in [-0.2, -0.15) is 18.4 Å². The number of anilines is 1. The molecule has 0 heterocycles. The van der Waals surface area contributed by atoms with Gasteiger partial charge in [-0.3, -0.25) is 28.8 Å². The second-order valence-electron chi connectivity index (χ2n) is 13.3. The smallest absolute Gasteiger partial charge is 0.416 e. The van der Waals surface area contributed by atoms with Crippen LogP contribution in [0.25, 0.3) is 0 Å². The number of nitriles is 1. The van der Waals surface area contributed by atoms with E-state index in [-0.39, 0.29) is 37.7 Å². The summed E-state index contributed by atoms with van der Waals surface area (Å²) in [5.74, 6) is -5.16. The zero-order valence-electron chi connectivity index (χ0n) is 31.2. The molecule has 0 aliphatic carbocycles. The molecule has 16 heteroatoms. The summed E-state index contributed by atoms with van der Waals surface area (Å²) in [6, 6.07) is 23.4. The van der Waals surface area contributed by atoms with Gasteiger partial charge in [-0.1, -0.05) is 72.8 Å². The number of carboxylic acids is 1. The molecule has 0 spiro atoms. The maximum Gasteiger partial charge on any atom is 0.416 e. The van der Waals surface area contributed by atoms with E-state index in [0.717, 1.165) is 24.3 Å². The third-order valence-corrected chi connectivity index (χ3v) is 8.81. The first kappa shape index (κ1) is 43.7. The lowest BCUT2D eigenvalue weighted by Crippen LogP contribution is -2.58. The molecule has 0 fully saturated rings. The highest BCUT2D eigenvalue weighted by Gasteiger charge is 2.33. The minimum Gasteiger partial charge on any atom is -0.480 e. The number of para-hydroxylation sites is 1. The molecule has 13 nitrogen and oxygen atoms in total. The van der Waals surface area contributed by atoms with Gasteiger partial charge in [0.1, 0.15) is 24.2 Å². The van der Waals surface area contributed by atoms with E-state index in [4.69, 9.17) is 0 Å². The van der Waals surface area contributed by atoms with E-state index in [1.54, 1.807) is 72.8 Å². The van der Waals surface area contributed by atoms with Crippen molar-refractivity contribution < 1.29 is 47.0 Å². The Balaban J connectivity index is 1.61. The number of carboxylic acid groups (broad SMARTS) is 1. The molecule has 0 unspecified atom stereocenters. The molecule has 4 aromatic rings. The Morgan fingerprint density at radius 1 is 0.603 bits per heavy atom. The summed E-state index contributed by atoms with van der Waals surface area (Å²) in [5, 5.41) is 31.4. The Kier molecular flexibility index (Phi) is 15.7. The van der Waals surface area contributed by atoms with Crippen LogP contribution >= 0.6 is 0 Å². The number of rotatable bonds is 18. The Morgan fingerprint density at radius 3 is 1.52 bits per heavy atom. The molecule has 302 valence electrons. The third-order valence-electron chi connectivity index (χ3n) is 8.81. The van der Waals surface area contributed by atoms with Gasteiger partial charge >= 0.3 is 12.1 Å². The molecule has 0 bridgehead atoms. The normalized spacial score (nSPS) is 13.0. The van der Waals surface area contributed by atoms with Gasteiger partial charge in [0.15, 0.2) is 0 Å². The van der Waals surface area contributed by atoms with E-state index < -0.39 is 71.4 Å². The van der Waals surface area contributed by atoms with Gasteiger partial charge in [-0.05, 0) is 60.0 Å². The van der Waals surface area contributed by atoms with Crippen LogP contribution < -0.4 is 26.6 Å². The molecule has 0 aliphatic heterocycles. The predicted molar refractivity (Wildman–Crippen MR) is 205 cm³/mol. The lowest BCUT2D eigenvalue weighted by molar-refractivity contribution is -0.141. The fourth-order valence-electron chi connectivity index (χ4n) is 5.65. The summed E-state index contributed by atoms with van der Waals surface area (Å²) in [6.45, 7) is 1.23. The first-order valence-electron chi connectivity index (χ1n) is 18.1. The lowest BCUT2D eigenvalue weighted by atomic mass is 10.00. The SMILES string of the molecule is C[C@H](NC(=O)[C@@H](Cc1ccccc1)NC(=O)[C@H](Cc1ccc(C(F)(F)F)cc1)NC(=O)[C@@H](Cc1ccc(C#N)cc1)NC(=O)CCC(=O)Nc1ccccc1)C(=O)O. The van der Waals surface area contributed by atoms with E-state index in [0.29, 0.717) is 22.4 Å². The molecule has 4 aromatic carbocycles. The monoisotopic (exact) mass is 798 g/mol. The van der Waals surface area contributed by atoms with Crippen LogP contribution in [-0.4, -0.2) is 64.8 Å². The molecule has 58 heavy (non-hydrogen) atoms. The van der Waals surface area contributed by atoms with Crippen molar-refractivity contribution >= 4 is 41.2 Å². The maximum absolute atomic E-state index is 14.1. The molecule has 0 saturated heterocycles. The van der Waals surface area contributed by atoms with Crippen molar-refractivity contribution in [3.05, 3.63) is 137 Å². The second kappa shape index (κ2) is 20.8. The number of nitrogens with one attached hydrogen (secondary N) is 5. The number of hydrogen-bond donors (Lipinski definition) is 6. The summed E-state index contributed by atoms with van der Waals surface area (Å²) in [7, 11) is 0. The van der Waals surface area contributed by atoms with Gasteiger partial charge in [0.05, 0.1) is 17.2 Å². The van der Waals surface area contributed by atoms with Crippen LogP contribution in [0.4, 0.5) is 18.9 Å². The predicted octanol–water partition coefficient (Wildman–Crippen LogP) is 4.07. The van der Waals surface area contributed by atoms with E-state index in [1.807, 2.05) is 6.07 Å². The summed E-state index contributed by atoms with van der Waals surface area (Å²) in [6.07, 6.45) is -5.81. The average molecular weight is 799 g/mol. The molecular weight excluding hydrogens is 757 g/mol. The first-order valence-corrected chi connectivity index (χ1v) is 18.1. The Labute approximate surface area is 332 Å². The van der Waals surface area contributed by atoms with Crippen molar-refractivity contribution in [1.29, 1.82) is 5.26 Å². The highest BCUT2D eigenvalue weighted by Crippen LogP contribution is 2.29.